The Bertz CT molecular complexity index is 930. The predicted octanol–water partition coefficient (Wildman–Crippen LogP) is 7.83. The molecule has 0 aliphatic heterocycles. The minimum absolute atomic E-state index is 1.15. The van der Waals surface area contributed by atoms with E-state index in [1.54, 1.807) is 0 Å². The maximum Gasteiger partial charge on any atom is 0.0366 e. The first-order chi connectivity index (χ1) is 15.3. The number of aromatic nitrogens is 1. The highest BCUT2D eigenvalue weighted by Crippen LogP contribution is 2.19. The van der Waals surface area contributed by atoms with E-state index in [1.807, 2.05) is 24.5 Å². The lowest BCUT2D eigenvalue weighted by Gasteiger charge is -2.24. The molecule has 0 unspecified atom stereocenters. The quantitative estimate of drug-likeness (QED) is 0.299. The van der Waals surface area contributed by atoms with Crippen molar-refractivity contribution in [3.63, 3.8) is 0 Å². The zero-order valence-corrected chi connectivity index (χ0v) is 18.9. The van der Waals surface area contributed by atoms with E-state index in [0.29, 0.717) is 0 Å². The molecule has 0 saturated carbocycles. The molecule has 160 valence electrons. The van der Waals surface area contributed by atoms with Crippen LogP contribution in [0.3, 0.4) is 0 Å². The lowest BCUT2D eigenvalue weighted by atomic mass is 10.1. The summed E-state index contributed by atoms with van der Waals surface area (Å²) in [6.07, 6.45) is 17.2. The smallest absolute Gasteiger partial charge is 0.0366 e. The highest BCUT2D eigenvalue weighted by atomic mass is 15.1. The number of rotatable bonds is 11. The SMILES string of the molecule is CCCCN(CCCC)c1ccc(/C=C/c2ccc(/C=C/c3ccncc3)cc2)cc1. The van der Waals surface area contributed by atoms with Crippen molar-refractivity contribution in [1.82, 2.24) is 4.98 Å². The molecule has 1 heterocycles. The van der Waals surface area contributed by atoms with Gasteiger partial charge in [0.05, 0.1) is 0 Å². The molecule has 2 heteroatoms. The van der Waals surface area contributed by atoms with Crippen LogP contribution in [0, 0.1) is 0 Å². The molecule has 0 spiro atoms. The van der Waals surface area contributed by atoms with Gasteiger partial charge in [-0.2, -0.15) is 0 Å². The zero-order chi connectivity index (χ0) is 21.7. The first-order valence-corrected chi connectivity index (χ1v) is 11.5. The van der Waals surface area contributed by atoms with Gasteiger partial charge in [-0.05, 0) is 59.4 Å². The second kappa shape index (κ2) is 12.5. The number of pyridine rings is 1. The molecule has 0 radical (unpaired) electrons. The van der Waals surface area contributed by atoms with Crippen molar-refractivity contribution in [2.24, 2.45) is 0 Å². The summed E-state index contributed by atoms with van der Waals surface area (Å²) in [6, 6.07) is 21.6. The average molecular weight is 411 g/mol. The summed E-state index contributed by atoms with van der Waals surface area (Å²) in [4.78, 5) is 6.58. The maximum absolute atomic E-state index is 4.05. The van der Waals surface area contributed by atoms with Crippen molar-refractivity contribution >= 4 is 30.0 Å². The summed E-state index contributed by atoms with van der Waals surface area (Å²) in [5, 5.41) is 0. The minimum Gasteiger partial charge on any atom is -0.372 e. The Morgan fingerprint density at radius 2 is 0.968 bits per heavy atom. The third-order valence-electron chi connectivity index (χ3n) is 5.40. The molecule has 0 bridgehead atoms. The average Bonchev–Trinajstić information content (AvgIpc) is 2.83. The fraction of sp³-hybridized carbons (Fsp3) is 0.276. The van der Waals surface area contributed by atoms with Crippen molar-refractivity contribution in [2.75, 3.05) is 18.0 Å². The molecule has 3 aromatic rings. The van der Waals surface area contributed by atoms with Crippen LogP contribution in [0.25, 0.3) is 24.3 Å². The van der Waals surface area contributed by atoms with Crippen molar-refractivity contribution < 1.29 is 0 Å². The van der Waals surface area contributed by atoms with Gasteiger partial charge in [-0.3, -0.25) is 4.98 Å². The Morgan fingerprint density at radius 1 is 0.581 bits per heavy atom. The number of nitrogens with zero attached hydrogens (tertiary/aromatic N) is 2. The topological polar surface area (TPSA) is 16.1 Å². The maximum atomic E-state index is 4.05. The number of hydrogen-bond acceptors (Lipinski definition) is 2. The summed E-state index contributed by atoms with van der Waals surface area (Å²) >= 11 is 0. The van der Waals surface area contributed by atoms with E-state index in [4.69, 9.17) is 0 Å². The summed E-state index contributed by atoms with van der Waals surface area (Å²) < 4.78 is 0. The summed E-state index contributed by atoms with van der Waals surface area (Å²) in [6.45, 7) is 6.81. The van der Waals surface area contributed by atoms with Crippen molar-refractivity contribution in [3.8, 4) is 0 Å². The Labute approximate surface area is 188 Å². The van der Waals surface area contributed by atoms with Crippen LogP contribution >= 0.6 is 0 Å². The van der Waals surface area contributed by atoms with Gasteiger partial charge in [0, 0.05) is 31.2 Å². The zero-order valence-electron chi connectivity index (χ0n) is 18.9. The van der Waals surface area contributed by atoms with Crippen LogP contribution in [0.15, 0.2) is 73.1 Å². The second-order valence-electron chi connectivity index (χ2n) is 7.90. The van der Waals surface area contributed by atoms with Crippen molar-refractivity contribution in [2.45, 2.75) is 39.5 Å². The van der Waals surface area contributed by atoms with E-state index in [0.717, 1.165) is 18.7 Å². The summed E-state index contributed by atoms with van der Waals surface area (Å²) in [7, 11) is 0. The van der Waals surface area contributed by atoms with Crippen LogP contribution in [-0.4, -0.2) is 18.1 Å². The largest absolute Gasteiger partial charge is 0.372 e. The Hall–Kier alpha value is -3.13. The van der Waals surface area contributed by atoms with E-state index in [1.165, 1.54) is 48.1 Å². The normalized spacial score (nSPS) is 11.4. The Kier molecular flexibility index (Phi) is 9.12. The predicted molar refractivity (Wildman–Crippen MR) is 137 cm³/mol. The van der Waals surface area contributed by atoms with Crippen LogP contribution in [0.5, 0.6) is 0 Å². The van der Waals surface area contributed by atoms with Crippen LogP contribution in [-0.2, 0) is 0 Å². The highest BCUT2D eigenvalue weighted by molar-refractivity contribution is 5.73. The molecule has 3 rings (SSSR count). The molecule has 2 nitrogen and oxygen atoms in total. The van der Waals surface area contributed by atoms with E-state index >= 15 is 0 Å². The van der Waals surface area contributed by atoms with Gasteiger partial charge in [-0.15, -0.1) is 0 Å². The highest BCUT2D eigenvalue weighted by Gasteiger charge is 2.05. The standard InChI is InChI=1S/C29H34N2/c1-3-5-23-31(24-6-4-2)29-17-15-27(16-18-29)12-11-25-7-9-26(10-8-25)13-14-28-19-21-30-22-20-28/h7-22H,3-6,23-24H2,1-2H3/b12-11+,14-13+. The van der Waals surface area contributed by atoms with Crippen LogP contribution < -0.4 is 4.90 Å². The summed E-state index contributed by atoms with van der Waals surface area (Å²) in [5.41, 5.74) is 6.13. The molecule has 0 atom stereocenters. The van der Waals surface area contributed by atoms with Gasteiger partial charge in [0.25, 0.3) is 0 Å². The third kappa shape index (κ3) is 7.57. The lowest BCUT2D eigenvalue weighted by Crippen LogP contribution is -2.25. The second-order valence-corrected chi connectivity index (χ2v) is 7.90. The molecule has 0 fully saturated rings. The fourth-order valence-electron chi connectivity index (χ4n) is 3.44. The number of unbranched alkanes of at least 4 members (excludes halogenated alkanes) is 2. The molecule has 2 aromatic carbocycles. The van der Waals surface area contributed by atoms with Crippen LogP contribution in [0.4, 0.5) is 5.69 Å². The monoisotopic (exact) mass is 410 g/mol. The van der Waals surface area contributed by atoms with Gasteiger partial charge < -0.3 is 4.90 Å². The lowest BCUT2D eigenvalue weighted by molar-refractivity contribution is 0.678. The van der Waals surface area contributed by atoms with E-state index in [2.05, 4.69) is 96.6 Å². The third-order valence-corrected chi connectivity index (χ3v) is 5.40. The molecule has 0 aliphatic rings. The van der Waals surface area contributed by atoms with E-state index in [9.17, 15) is 0 Å². The molecular weight excluding hydrogens is 376 g/mol. The van der Waals surface area contributed by atoms with Crippen molar-refractivity contribution in [1.29, 1.82) is 0 Å². The first-order valence-electron chi connectivity index (χ1n) is 11.5. The molecule has 0 amide bonds. The Balaban J connectivity index is 1.60. The Morgan fingerprint density at radius 3 is 1.39 bits per heavy atom. The fourth-order valence-corrected chi connectivity index (χ4v) is 3.44. The van der Waals surface area contributed by atoms with Gasteiger partial charge in [-0.25, -0.2) is 0 Å². The minimum atomic E-state index is 1.15. The van der Waals surface area contributed by atoms with Gasteiger partial charge in [0.1, 0.15) is 0 Å². The van der Waals surface area contributed by atoms with Gasteiger partial charge in [0.15, 0.2) is 0 Å². The van der Waals surface area contributed by atoms with Crippen LogP contribution in [0.1, 0.15) is 61.8 Å². The first kappa shape index (κ1) is 22.6. The number of benzene rings is 2. The molecule has 0 saturated heterocycles. The molecule has 1 aromatic heterocycles. The number of anilines is 1. The van der Waals surface area contributed by atoms with E-state index < -0.39 is 0 Å². The van der Waals surface area contributed by atoms with E-state index in [-0.39, 0.29) is 0 Å². The van der Waals surface area contributed by atoms with Crippen LogP contribution in [0.2, 0.25) is 0 Å². The molecular formula is C29H34N2. The summed E-state index contributed by atoms with van der Waals surface area (Å²) in [5.74, 6) is 0. The molecule has 31 heavy (non-hydrogen) atoms. The van der Waals surface area contributed by atoms with Gasteiger partial charge in [0.2, 0.25) is 0 Å². The molecule has 0 aliphatic carbocycles. The van der Waals surface area contributed by atoms with Gasteiger partial charge in [-0.1, -0.05) is 87.4 Å². The van der Waals surface area contributed by atoms with Crippen molar-refractivity contribution in [3.05, 3.63) is 95.3 Å². The van der Waals surface area contributed by atoms with Gasteiger partial charge >= 0.3 is 0 Å². The number of hydrogen-bond donors (Lipinski definition) is 0. The molecule has 0 N–H and O–H groups in total.